The Labute approximate surface area is 184 Å². The Morgan fingerprint density at radius 2 is 2.00 bits per heavy atom. The molecule has 2 aromatic carbocycles. The van der Waals surface area contributed by atoms with Crippen LogP contribution in [0.3, 0.4) is 0 Å². The monoisotopic (exact) mass is 436 g/mol. The average molecular weight is 436 g/mol. The molecule has 2 N–H and O–H groups in total. The second kappa shape index (κ2) is 8.39. The smallest absolute Gasteiger partial charge is 0.325 e. The summed E-state index contributed by atoms with van der Waals surface area (Å²) in [5.74, 6) is 0.202. The Bertz CT molecular complexity index is 1150. The van der Waals surface area contributed by atoms with Crippen LogP contribution in [0.5, 0.6) is 5.75 Å². The third-order valence-electron chi connectivity index (χ3n) is 5.48. The number of aliphatic hydroxyl groups is 1. The van der Waals surface area contributed by atoms with E-state index in [1.807, 2.05) is 32.0 Å². The summed E-state index contributed by atoms with van der Waals surface area (Å²) in [5, 5.41) is 24.3. The van der Waals surface area contributed by atoms with Gasteiger partial charge in [0, 0.05) is 0 Å². The van der Waals surface area contributed by atoms with Gasteiger partial charge in [-0.05, 0) is 66.1 Å². The first kappa shape index (κ1) is 21.4. The molecule has 3 aromatic rings. The number of urea groups is 1. The molecule has 0 bridgehead atoms. The van der Waals surface area contributed by atoms with E-state index in [1.165, 1.54) is 11.0 Å². The molecule has 0 saturated carbocycles. The highest BCUT2D eigenvalue weighted by Gasteiger charge is 2.49. The Balaban J connectivity index is 1.46. The predicted octanol–water partition coefficient (Wildman–Crippen LogP) is 1.49. The molecule has 4 rings (SSSR count). The molecule has 0 aliphatic carbocycles. The van der Waals surface area contributed by atoms with Crippen molar-refractivity contribution in [1.82, 2.24) is 30.4 Å². The van der Waals surface area contributed by atoms with Crippen LogP contribution in [0.4, 0.5) is 4.79 Å². The van der Waals surface area contributed by atoms with Crippen LogP contribution >= 0.6 is 0 Å². The van der Waals surface area contributed by atoms with Gasteiger partial charge >= 0.3 is 6.03 Å². The Morgan fingerprint density at radius 1 is 1.19 bits per heavy atom. The third kappa shape index (κ3) is 4.04. The number of aryl methyl sites for hydroxylation is 2. The lowest BCUT2D eigenvalue weighted by Crippen LogP contribution is -2.42. The van der Waals surface area contributed by atoms with Gasteiger partial charge in [0.1, 0.15) is 30.3 Å². The van der Waals surface area contributed by atoms with Crippen molar-refractivity contribution in [2.75, 3.05) is 13.2 Å². The lowest BCUT2D eigenvalue weighted by molar-refractivity contribution is -0.132. The summed E-state index contributed by atoms with van der Waals surface area (Å²) in [4.78, 5) is 26.8. The molecule has 166 valence electrons. The zero-order valence-corrected chi connectivity index (χ0v) is 18.0. The van der Waals surface area contributed by atoms with E-state index in [0.717, 1.165) is 16.0 Å². The van der Waals surface area contributed by atoms with Crippen molar-refractivity contribution in [1.29, 1.82) is 0 Å². The van der Waals surface area contributed by atoms with Crippen molar-refractivity contribution in [3.8, 4) is 11.4 Å². The number of hydrogen-bond acceptors (Lipinski definition) is 7. The first-order valence-electron chi connectivity index (χ1n) is 10.1. The lowest BCUT2D eigenvalue weighted by atomic mass is 9.91. The molecule has 1 saturated heterocycles. The second-order valence-electron chi connectivity index (χ2n) is 8.01. The van der Waals surface area contributed by atoms with Crippen LogP contribution in [-0.2, 0) is 10.3 Å². The number of amides is 3. The molecule has 1 aliphatic heterocycles. The molecule has 3 amide bonds. The summed E-state index contributed by atoms with van der Waals surface area (Å²) in [6, 6.07) is 12.2. The van der Waals surface area contributed by atoms with Gasteiger partial charge in [0.25, 0.3) is 5.91 Å². The summed E-state index contributed by atoms with van der Waals surface area (Å²) in [7, 11) is 0. The fraction of sp³-hybridized carbons (Fsp3) is 0.318. The van der Waals surface area contributed by atoms with E-state index >= 15 is 0 Å². The number of hydrogen-bond donors (Lipinski definition) is 2. The van der Waals surface area contributed by atoms with Crippen molar-refractivity contribution in [3.63, 3.8) is 0 Å². The molecule has 1 aromatic heterocycles. The number of nitrogens with zero attached hydrogens (tertiary/aromatic N) is 5. The molecule has 0 spiro atoms. The summed E-state index contributed by atoms with van der Waals surface area (Å²) in [6.07, 6.45) is 0.397. The van der Waals surface area contributed by atoms with Gasteiger partial charge < -0.3 is 15.2 Å². The minimum atomic E-state index is -1.28. The van der Waals surface area contributed by atoms with Gasteiger partial charge in [-0.2, -0.15) is 0 Å². The van der Waals surface area contributed by atoms with Crippen LogP contribution < -0.4 is 10.1 Å². The van der Waals surface area contributed by atoms with Crippen molar-refractivity contribution in [3.05, 3.63) is 65.5 Å². The molecule has 10 nitrogen and oxygen atoms in total. The Kier molecular flexibility index (Phi) is 5.62. The van der Waals surface area contributed by atoms with Gasteiger partial charge in [-0.1, -0.05) is 24.3 Å². The number of aromatic nitrogens is 4. The van der Waals surface area contributed by atoms with E-state index in [1.54, 1.807) is 31.2 Å². The van der Waals surface area contributed by atoms with E-state index in [2.05, 4.69) is 20.8 Å². The Morgan fingerprint density at radius 3 is 2.75 bits per heavy atom. The lowest BCUT2D eigenvalue weighted by Gasteiger charge is -2.23. The van der Waals surface area contributed by atoms with E-state index in [-0.39, 0.29) is 13.2 Å². The normalized spacial score (nSPS) is 19.2. The molecule has 2 heterocycles. The number of rotatable bonds is 7. The highest BCUT2D eigenvalue weighted by molar-refractivity contribution is 6.07. The molecular formula is C22H24N6O4. The number of nitrogens with one attached hydrogen (secondary N) is 1. The van der Waals surface area contributed by atoms with Crippen molar-refractivity contribution >= 4 is 11.9 Å². The van der Waals surface area contributed by atoms with E-state index < -0.39 is 23.6 Å². The van der Waals surface area contributed by atoms with Gasteiger partial charge in [0.2, 0.25) is 0 Å². The molecule has 2 atom stereocenters. The van der Waals surface area contributed by atoms with Crippen LogP contribution in [0, 0.1) is 13.8 Å². The quantitative estimate of drug-likeness (QED) is 0.538. The SMILES string of the molecule is Cc1ccc(C)c(OCC(O)CN2C(=O)NC(C)(c3cccc(-n4cnnn4)c3)C2=O)c1. The largest absolute Gasteiger partial charge is 0.491 e. The van der Waals surface area contributed by atoms with Gasteiger partial charge in [-0.25, -0.2) is 9.48 Å². The molecule has 1 aliphatic rings. The number of β-amino-alcohol motifs (C(OH)–C–C–N with tert-alkyl or cyclic N) is 1. The topological polar surface area (TPSA) is 122 Å². The van der Waals surface area contributed by atoms with E-state index in [0.29, 0.717) is 17.0 Å². The molecule has 0 radical (unpaired) electrons. The van der Waals surface area contributed by atoms with E-state index in [4.69, 9.17) is 4.74 Å². The number of carbonyl (C=O) groups excluding carboxylic acids is 2. The minimum Gasteiger partial charge on any atom is -0.491 e. The fourth-order valence-corrected chi connectivity index (χ4v) is 3.61. The number of benzene rings is 2. The summed E-state index contributed by atoms with van der Waals surface area (Å²) in [6.45, 7) is 5.26. The third-order valence-corrected chi connectivity index (χ3v) is 5.48. The second-order valence-corrected chi connectivity index (χ2v) is 8.01. The maximum Gasteiger partial charge on any atom is 0.325 e. The van der Waals surface area contributed by atoms with Gasteiger partial charge in [0.05, 0.1) is 12.2 Å². The zero-order chi connectivity index (χ0) is 22.9. The average Bonchev–Trinajstić information content (AvgIpc) is 3.39. The summed E-state index contributed by atoms with van der Waals surface area (Å²) in [5.41, 5.74) is 1.92. The van der Waals surface area contributed by atoms with Crippen LogP contribution in [0.15, 0.2) is 48.8 Å². The van der Waals surface area contributed by atoms with Gasteiger partial charge in [-0.15, -0.1) is 5.10 Å². The van der Waals surface area contributed by atoms with Crippen LogP contribution in [0.2, 0.25) is 0 Å². The Hall–Kier alpha value is -3.79. The maximum absolute atomic E-state index is 13.2. The predicted molar refractivity (Wildman–Crippen MR) is 114 cm³/mol. The van der Waals surface area contributed by atoms with Crippen LogP contribution in [0.25, 0.3) is 5.69 Å². The fourth-order valence-electron chi connectivity index (χ4n) is 3.61. The van der Waals surface area contributed by atoms with Crippen molar-refractivity contribution in [2.24, 2.45) is 0 Å². The van der Waals surface area contributed by atoms with Crippen LogP contribution in [-0.4, -0.2) is 61.4 Å². The molecule has 10 heteroatoms. The van der Waals surface area contributed by atoms with Crippen molar-refractivity contribution < 1.29 is 19.4 Å². The first-order chi connectivity index (χ1) is 15.3. The number of tetrazole rings is 1. The minimum absolute atomic E-state index is 0.0488. The number of imide groups is 1. The highest BCUT2D eigenvalue weighted by atomic mass is 16.5. The zero-order valence-electron chi connectivity index (χ0n) is 18.0. The molecule has 2 unspecified atom stereocenters. The molecule has 1 fully saturated rings. The highest BCUT2D eigenvalue weighted by Crippen LogP contribution is 2.30. The van der Waals surface area contributed by atoms with Gasteiger partial charge in [0.15, 0.2) is 0 Å². The molecular weight excluding hydrogens is 412 g/mol. The van der Waals surface area contributed by atoms with Crippen molar-refractivity contribution in [2.45, 2.75) is 32.4 Å². The maximum atomic E-state index is 13.2. The van der Waals surface area contributed by atoms with E-state index in [9.17, 15) is 14.7 Å². The standard InChI is InChI=1S/C22H24N6O4/c1-14-7-8-15(2)19(9-14)32-12-18(29)11-27-20(30)22(3,24-21(27)31)16-5-4-6-17(10-16)28-13-23-25-26-28/h4-10,13,18,29H,11-12H2,1-3H3,(H,24,31). The van der Waals surface area contributed by atoms with Crippen LogP contribution in [0.1, 0.15) is 23.6 Å². The number of ether oxygens (including phenoxy) is 1. The van der Waals surface area contributed by atoms with Gasteiger partial charge in [-0.3, -0.25) is 9.69 Å². The number of aliphatic hydroxyl groups excluding tert-OH is 1. The summed E-state index contributed by atoms with van der Waals surface area (Å²) < 4.78 is 7.17. The summed E-state index contributed by atoms with van der Waals surface area (Å²) >= 11 is 0. The first-order valence-corrected chi connectivity index (χ1v) is 10.1. The molecule has 32 heavy (non-hydrogen) atoms. The number of carbonyl (C=O) groups is 2.